The topological polar surface area (TPSA) is 64.0 Å². The van der Waals surface area contributed by atoms with Crippen LogP contribution in [0.2, 0.25) is 0 Å². The lowest BCUT2D eigenvalue weighted by Crippen LogP contribution is -2.24. The third-order valence-corrected chi connectivity index (χ3v) is 6.38. The van der Waals surface area contributed by atoms with Crippen LogP contribution < -0.4 is 10.9 Å². The number of amides is 1. The first-order valence-electron chi connectivity index (χ1n) is 9.40. The van der Waals surface area contributed by atoms with E-state index in [-0.39, 0.29) is 17.9 Å². The van der Waals surface area contributed by atoms with Gasteiger partial charge in [0.15, 0.2) is 0 Å². The summed E-state index contributed by atoms with van der Waals surface area (Å²) in [6.45, 7) is 4.34. The number of fused-ring (bicyclic) bond motifs is 3. The molecule has 27 heavy (non-hydrogen) atoms. The zero-order valence-corrected chi connectivity index (χ0v) is 16.5. The Kier molecular flexibility index (Phi) is 4.83. The number of nitrogens with zero attached hydrogens (tertiary/aromatic N) is 2. The fourth-order valence-electron chi connectivity index (χ4n) is 3.73. The molecule has 1 aromatic carbocycles. The molecule has 0 radical (unpaired) electrons. The van der Waals surface area contributed by atoms with Gasteiger partial charge in [0.1, 0.15) is 4.83 Å². The molecule has 140 valence electrons. The number of aromatic nitrogens is 2. The molecule has 0 aliphatic heterocycles. The highest BCUT2D eigenvalue weighted by molar-refractivity contribution is 7.18. The van der Waals surface area contributed by atoms with Crippen molar-refractivity contribution in [3.8, 4) is 0 Å². The maximum absolute atomic E-state index is 12.9. The number of anilines is 1. The molecule has 0 saturated heterocycles. The summed E-state index contributed by atoms with van der Waals surface area (Å²) < 4.78 is 1.57. The molecule has 4 rings (SSSR count). The maximum atomic E-state index is 12.9. The first kappa shape index (κ1) is 17.9. The first-order chi connectivity index (χ1) is 13.0. The zero-order chi connectivity index (χ0) is 19.0. The fourth-order valence-corrected chi connectivity index (χ4v) is 4.95. The highest BCUT2D eigenvalue weighted by Gasteiger charge is 2.20. The Labute approximate surface area is 162 Å². The summed E-state index contributed by atoms with van der Waals surface area (Å²) in [5, 5.41) is 3.71. The molecule has 0 saturated carbocycles. The highest BCUT2D eigenvalue weighted by Crippen LogP contribution is 2.33. The molecular weight excluding hydrogens is 358 g/mol. The van der Waals surface area contributed by atoms with Gasteiger partial charge in [0, 0.05) is 23.5 Å². The Balaban J connectivity index is 1.51. The van der Waals surface area contributed by atoms with Crippen LogP contribution in [-0.4, -0.2) is 15.5 Å². The van der Waals surface area contributed by atoms with E-state index in [4.69, 9.17) is 0 Å². The molecular formula is C21H23N3O2S. The number of thiophene rings is 1. The Morgan fingerprint density at radius 3 is 2.89 bits per heavy atom. The van der Waals surface area contributed by atoms with Crippen molar-refractivity contribution in [2.75, 3.05) is 5.32 Å². The second-order valence-corrected chi connectivity index (χ2v) is 8.33. The largest absolute Gasteiger partial charge is 0.326 e. The van der Waals surface area contributed by atoms with Crippen molar-refractivity contribution in [2.24, 2.45) is 0 Å². The molecule has 0 atom stereocenters. The number of nitrogens with one attached hydrogen (secondary N) is 1. The number of carbonyl (C=O) groups excluding carboxylic acids is 1. The van der Waals surface area contributed by atoms with Gasteiger partial charge < -0.3 is 5.32 Å². The predicted octanol–water partition coefficient (Wildman–Crippen LogP) is 3.98. The standard InChI is InChI=1S/C21H23N3O2S/c1-13-7-8-16(14(2)11-13)23-18(25)9-10-24-12-22-20-19(21(24)26)15-5-3-4-6-17(15)27-20/h7-8,11-12H,3-6,9-10H2,1-2H3,(H,23,25). The summed E-state index contributed by atoms with van der Waals surface area (Å²) in [5.41, 5.74) is 4.19. The van der Waals surface area contributed by atoms with E-state index in [0.717, 1.165) is 46.3 Å². The highest BCUT2D eigenvalue weighted by atomic mass is 32.1. The SMILES string of the molecule is Cc1ccc(NC(=O)CCn2cnc3sc4c(c3c2=O)CCCC4)c(C)c1. The van der Waals surface area contributed by atoms with Crippen molar-refractivity contribution in [3.05, 3.63) is 56.4 Å². The van der Waals surface area contributed by atoms with E-state index in [2.05, 4.69) is 10.3 Å². The van der Waals surface area contributed by atoms with Gasteiger partial charge in [-0.25, -0.2) is 4.98 Å². The molecule has 1 amide bonds. The van der Waals surface area contributed by atoms with Crippen LogP contribution in [0.15, 0.2) is 29.3 Å². The van der Waals surface area contributed by atoms with Gasteiger partial charge in [-0.15, -0.1) is 11.3 Å². The summed E-state index contributed by atoms with van der Waals surface area (Å²) in [4.78, 5) is 31.9. The van der Waals surface area contributed by atoms with E-state index in [9.17, 15) is 9.59 Å². The van der Waals surface area contributed by atoms with Gasteiger partial charge >= 0.3 is 0 Å². The van der Waals surface area contributed by atoms with Gasteiger partial charge in [-0.05, 0) is 56.7 Å². The van der Waals surface area contributed by atoms with Gasteiger partial charge in [-0.2, -0.15) is 0 Å². The van der Waals surface area contributed by atoms with Crippen LogP contribution in [0.25, 0.3) is 10.2 Å². The summed E-state index contributed by atoms with van der Waals surface area (Å²) in [6.07, 6.45) is 6.15. The molecule has 0 unspecified atom stereocenters. The summed E-state index contributed by atoms with van der Waals surface area (Å²) in [7, 11) is 0. The van der Waals surface area contributed by atoms with E-state index < -0.39 is 0 Å². The van der Waals surface area contributed by atoms with Gasteiger partial charge in [-0.1, -0.05) is 17.7 Å². The summed E-state index contributed by atoms with van der Waals surface area (Å²) in [6, 6.07) is 5.93. The summed E-state index contributed by atoms with van der Waals surface area (Å²) in [5.74, 6) is -0.0960. The minimum atomic E-state index is -0.0960. The molecule has 3 aromatic rings. The van der Waals surface area contributed by atoms with Gasteiger partial charge in [0.05, 0.1) is 11.7 Å². The van der Waals surface area contributed by atoms with Crippen LogP contribution in [0, 0.1) is 13.8 Å². The van der Waals surface area contributed by atoms with Crippen LogP contribution in [0.3, 0.4) is 0 Å². The van der Waals surface area contributed by atoms with E-state index in [1.807, 2.05) is 32.0 Å². The van der Waals surface area contributed by atoms with Crippen molar-refractivity contribution >= 4 is 33.1 Å². The van der Waals surface area contributed by atoms with E-state index in [0.29, 0.717) is 6.54 Å². The zero-order valence-electron chi connectivity index (χ0n) is 15.7. The Hall–Kier alpha value is -2.47. The molecule has 1 aliphatic carbocycles. The van der Waals surface area contributed by atoms with Gasteiger partial charge in [0.2, 0.25) is 5.91 Å². The third kappa shape index (κ3) is 3.54. The van der Waals surface area contributed by atoms with Gasteiger partial charge in [0.25, 0.3) is 5.56 Å². The van der Waals surface area contributed by atoms with E-state index >= 15 is 0 Å². The van der Waals surface area contributed by atoms with Crippen molar-refractivity contribution < 1.29 is 4.79 Å². The molecule has 2 aromatic heterocycles. The number of aryl methyl sites for hydroxylation is 5. The second kappa shape index (κ2) is 7.27. The summed E-state index contributed by atoms with van der Waals surface area (Å²) >= 11 is 1.65. The normalized spacial score (nSPS) is 13.6. The van der Waals surface area contributed by atoms with E-state index in [1.54, 1.807) is 22.2 Å². The fraction of sp³-hybridized carbons (Fsp3) is 0.381. The lowest BCUT2D eigenvalue weighted by atomic mass is 9.97. The Morgan fingerprint density at radius 1 is 1.26 bits per heavy atom. The molecule has 6 heteroatoms. The van der Waals surface area contributed by atoms with Crippen molar-refractivity contribution in [2.45, 2.75) is 52.5 Å². The van der Waals surface area contributed by atoms with Crippen LogP contribution in [0.5, 0.6) is 0 Å². The minimum Gasteiger partial charge on any atom is -0.326 e. The Bertz CT molecular complexity index is 1080. The van der Waals surface area contributed by atoms with Crippen molar-refractivity contribution in [1.29, 1.82) is 0 Å². The number of hydrogen-bond acceptors (Lipinski definition) is 4. The molecule has 1 aliphatic rings. The maximum Gasteiger partial charge on any atom is 0.262 e. The monoisotopic (exact) mass is 381 g/mol. The Morgan fingerprint density at radius 2 is 2.07 bits per heavy atom. The minimum absolute atomic E-state index is 0.0151. The number of carbonyl (C=O) groups is 1. The molecule has 5 nitrogen and oxygen atoms in total. The average Bonchev–Trinajstić information content (AvgIpc) is 3.03. The number of hydrogen-bond donors (Lipinski definition) is 1. The second-order valence-electron chi connectivity index (χ2n) is 7.25. The molecule has 0 bridgehead atoms. The lowest BCUT2D eigenvalue weighted by molar-refractivity contribution is -0.116. The lowest BCUT2D eigenvalue weighted by Gasteiger charge is -2.11. The predicted molar refractivity (Wildman–Crippen MR) is 110 cm³/mol. The molecule has 2 heterocycles. The van der Waals surface area contributed by atoms with Crippen LogP contribution in [0.4, 0.5) is 5.69 Å². The molecule has 0 fully saturated rings. The third-order valence-electron chi connectivity index (χ3n) is 5.18. The quantitative estimate of drug-likeness (QED) is 0.743. The van der Waals surface area contributed by atoms with Gasteiger partial charge in [-0.3, -0.25) is 14.2 Å². The first-order valence-corrected chi connectivity index (χ1v) is 10.2. The number of benzene rings is 1. The molecule has 0 spiro atoms. The number of rotatable bonds is 4. The van der Waals surface area contributed by atoms with Crippen molar-refractivity contribution in [3.63, 3.8) is 0 Å². The van der Waals surface area contributed by atoms with Crippen LogP contribution >= 0.6 is 11.3 Å². The van der Waals surface area contributed by atoms with Crippen LogP contribution in [-0.2, 0) is 24.2 Å². The van der Waals surface area contributed by atoms with E-state index in [1.165, 1.54) is 16.9 Å². The molecule has 1 N–H and O–H groups in total. The smallest absolute Gasteiger partial charge is 0.262 e. The van der Waals surface area contributed by atoms with Crippen molar-refractivity contribution in [1.82, 2.24) is 9.55 Å². The average molecular weight is 382 g/mol. The van der Waals surface area contributed by atoms with Crippen LogP contribution in [0.1, 0.15) is 40.8 Å².